The normalized spacial score (nSPS) is 23.2. The zero-order chi connectivity index (χ0) is 16.7. The first-order valence-electron chi connectivity index (χ1n) is 8.62. The van der Waals surface area contributed by atoms with Gasteiger partial charge >= 0.3 is 7.12 Å². The van der Waals surface area contributed by atoms with E-state index in [-0.39, 0.29) is 18.3 Å². The molecule has 2 saturated heterocycles. The van der Waals surface area contributed by atoms with Crippen molar-refractivity contribution >= 4 is 24.1 Å². The Morgan fingerprint density at radius 1 is 1.09 bits per heavy atom. The van der Waals surface area contributed by atoms with Gasteiger partial charge in [-0.15, -0.1) is 0 Å². The smallest absolute Gasteiger partial charge is 0.399 e. The third kappa shape index (κ3) is 3.06. The van der Waals surface area contributed by atoms with E-state index in [9.17, 15) is 0 Å². The van der Waals surface area contributed by atoms with Crippen LogP contribution in [0.5, 0.6) is 0 Å². The zero-order valence-corrected chi connectivity index (χ0v) is 15.0. The number of hydrogen-bond acceptors (Lipinski definition) is 5. The van der Waals surface area contributed by atoms with Gasteiger partial charge in [-0.25, -0.2) is 4.98 Å². The van der Waals surface area contributed by atoms with Crippen LogP contribution < -0.4 is 15.7 Å². The van der Waals surface area contributed by atoms with Crippen LogP contribution in [0.4, 0.5) is 11.5 Å². The number of anilines is 2. The Labute approximate surface area is 139 Å². The van der Waals surface area contributed by atoms with Crippen molar-refractivity contribution in [3.63, 3.8) is 0 Å². The second-order valence-electron chi connectivity index (χ2n) is 7.52. The number of piperidine rings is 1. The van der Waals surface area contributed by atoms with Crippen LogP contribution in [-0.2, 0) is 9.31 Å². The molecule has 0 aliphatic carbocycles. The van der Waals surface area contributed by atoms with Gasteiger partial charge in [-0.2, -0.15) is 0 Å². The first-order chi connectivity index (χ1) is 10.8. The van der Waals surface area contributed by atoms with Crippen LogP contribution >= 0.6 is 0 Å². The van der Waals surface area contributed by atoms with Gasteiger partial charge in [-0.05, 0) is 53.0 Å². The fourth-order valence-electron chi connectivity index (χ4n) is 3.15. The molecule has 1 N–H and O–H groups in total. The Bertz CT molecular complexity index is 555. The number of pyridine rings is 1. The summed E-state index contributed by atoms with van der Waals surface area (Å²) in [6, 6.07) is 2.17. The summed E-state index contributed by atoms with van der Waals surface area (Å²) in [5, 5.41) is 3.17. The van der Waals surface area contributed by atoms with Gasteiger partial charge in [0.2, 0.25) is 0 Å². The predicted molar refractivity (Wildman–Crippen MR) is 95.6 cm³/mol. The van der Waals surface area contributed by atoms with Crippen LogP contribution in [0, 0.1) is 0 Å². The maximum absolute atomic E-state index is 6.21. The van der Waals surface area contributed by atoms with Crippen molar-refractivity contribution in [3.05, 3.63) is 12.3 Å². The third-order valence-electron chi connectivity index (χ3n) is 5.37. The second kappa shape index (κ2) is 5.98. The van der Waals surface area contributed by atoms with Crippen LogP contribution in [0.3, 0.4) is 0 Å². The summed E-state index contributed by atoms with van der Waals surface area (Å²) in [6.45, 7) is 10.5. The monoisotopic (exact) mass is 317 g/mol. The quantitative estimate of drug-likeness (QED) is 0.868. The van der Waals surface area contributed by atoms with Crippen molar-refractivity contribution in [3.8, 4) is 0 Å². The largest absolute Gasteiger partial charge is 0.498 e. The van der Waals surface area contributed by atoms with E-state index in [1.807, 2.05) is 13.2 Å². The summed E-state index contributed by atoms with van der Waals surface area (Å²) in [6.07, 6.45) is 5.77. The van der Waals surface area contributed by atoms with Crippen LogP contribution in [0.25, 0.3) is 0 Å². The molecule has 2 aliphatic heterocycles. The second-order valence-corrected chi connectivity index (χ2v) is 7.52. The molecule has 3 heterocycles. The Balaban J connectivity index is 1.91. The minimum absolute atomic E-state index is 0.343. The molecule has 0 saturated carbocycles. The maximum Gasteiger partial charge on any atom is 0.498 e. The molecule has 3 rings (SSSR count). The first kappa shape index (κ1) is 16.6. The lowest BCUT2D eigenvalue weighted by atomic mass is 9.79. The molecule has 2 fully saturated rings. The lowest BCUT2D eigenvalue weighted by Crippen LogP contribution is -2.41. The SMILES string of the molecule is CNc1ncc(N2CCCCC2)cc1B1OC(C)(C)C(C)(C)O1. The van der Waals surface area contributed by atoms with Gasteiger partial charge in [0.1, 0.15) is 5.82 Å². The molecule has 0 spiro atoms. The zero-order valence-electron chi connectivity index (χ0n) is 15.0. The average Bonchev–Trinajstić information content (AvgIpc) is 2.75. The molecular formula is C17H28BN3O2. The Morgan fingerprint density at radius 3 is 2.26 bits per heavy atom. The van der Waals surface area contributed by atoms with E-state index >= 15 is 0 Å². The molecule has 0 unspecified atom stereocenters. The van der Waals surface area contributed by atoms with Crippen LogP contribution in [-0.4, -0.2) is 43.4 Å². The van der Waals surface area contributed by atoms with Crippen molar-refractivity contribution in [1.29, 1.82) is 0 Å². The third-order valence-corrected chi connectivity index (χ3v) is 5.37. The summed E-state index contributed by atoms with van der Waals surface area (Å²) in [4.78, 5) is 7.01. The summed E-state index contributed by atoms with van der Waals surface area (Å²) in [5.41, 5.74) is 1.45. The molecule has 1 aromatic rings. The molecule has 5 nitrogen and oxygen atoms in total. The van der Waals surface area contributed by atoms with Gasteiger partial charge in [0, 0.05) is 25.6 Å². The number of aromatic nitrogens is 1. The average molecular weight is 317 g/mol. The van der Waals surface area contributed by atoms with Crippen LogP contribution in [0.2, 0.25) is 0 Å². The highest BCUT2D eigenvalue weighted by molar-refractivity contribution is 6.63. The Hall–Kier alpha value is -1.27. The van der Waals surface area contributed by atoms with Gasteiger partial charge in [-0.3, -0.25) is 0 Å². The minimum Gasteiger partial charge on any atom is -0.399 e. The van der Waals surface area contributed by atoms with Gasteiger partial charge in [0.15, 0.2) is 0 Å². The molecule has 6 heteroatoms. The van der Waals surface area contributed by atoms with Crippen molar-refractivity contribution in [2.45, 2.75) is 58.2 Å². The number of hydrogen-bond donors (Lipinski definition) is 1. The topological polar surface area (TPSA) is 46.6 Å². The highest BCUT2D eigenvalue weighted by Gasteiger charge is 2.52. The molecule has 126 valence electrons. The highest BCUT2D eigenvalue weighted by atomic mass is 16.7. The summed E-state index contributed by atoms with van der Waals surface area (Å²) >= 11 is 0. The van der Waals surface area contributed by atoms with E-state index < -0.39 is 0 Å². The van der Waals surface area contributed by atoms with Gasteiger partial charge in [-0.1, -0.05) is 0 Å². The van der Waals surface area contributed by atoms with E-state index in [0.29, 0.717) is 0 Å². The molecule has 0 aromatic carbocycles. The number of nitrogens with zero attached hydrogens (tertiary/aromatic N) is 2. The lowest BCUT2D eigenvalue weighted by Gasteiger charge is -2.32. The van der Waals surface area contributed by atoms with Gasteiger partial charge < -0.3 is 19.5 Å². The number of nitrogens with one attached hydrogen (secondary N) is 1. The molecule has 2 aliphatic rings. The van der Waals surface area contributed by atoms with E-state index in [4.69, 9.17) is 9.31 Å². The summed E-state index contributed by atoms with van der Waals surface area (Å²) in [7, 11) is 1.50. The van der Waals surface area contributed by atoms with E-state index in [1.54, 1.807) is 0 Å². The predicted octanol–water partition coefficient (Wildman–Crippen LogP) is 2.41. The number of rotatable bonds is 3. The maximum atomic E-state index is 6.21. The molecule has 0 bridgehead atoms. The molecular weight excluding hydrogens is 289 g/mol. The van der Waals surface area contributed by atoms with Gasteiger partial charge in [0.25, 0.3) is 0 Å². The van der Waals surface area contributed by atoms with E-state index in [2.05, 4.69) is 49.0 Å². The highest BCUT2D eigenvalue weighted by Crippen LogP contribution is 2.37. The fourth-order valence-corrected chi connectivity index (χ4v) is 3.15. The molecule has 0 radical (unpaired) electrons. The van der Waals surface area contributed by atoms with Crippen molar-refractivity contribution < 1.29 is 9.31 Å². The molecule has 1 aromatic heterocycles. The lowest BCUT2D eigenvalue weighted by molar-refractivity contribution is 0.00578. The van der Waals surface area contributed by atoms with Crippen molar-refractivity contribution in [2.24, 2.45) is 0 Å². The van der Waals surface area contributed by atoms with Crippen LogP contribution in [0.15, 0.2) is 12.3 Å². The Morgan fingerprint density at radius 2 is 1.70 bits per heavy atom. The van der Waals surface area contributed by atoms with Crippen LogP contribution in [0.1, 0.15) is 47.0 Å². The standard InChI is InChI=1S/C17H28BN3O2/c1-16(2)17(3,4)23-18(22-16)14-11-13(12-20-15(14)19-5)21-9-7-6-8-10-21/h11-12H,6-10H2,1-5H3,(H,19,20). The summed E-state index contributed by atoms with van der Waals surface area (Å²) < 4.78 is 12.4. The molecule has 23 heavy (non-hydrogen) atoms. The van der Waals surface area contributed by atoms with Gasteiger partial charge in [0.05, 0.1) is 23.1 Å². The van der Waals surface area contributed by atoms with E-state index in [1.165, 1.54) is 19.3 Å². The van der Waals surface area contributed by atoms with E-state index in [0.717, 1.165) is 30.1 Å². The fraction of sp³-hybridized carbons (Fsp3) is 0.706. The Kier molecular flexibility index (Phi) is 4.32. The molecule has 0 atom stereocenters. The molecule has 0 amide bonds. The van der Waals surface area contributed by atoms with Crippen molar-refractivity contribution in [1.82, 2.24) is 4.98 Å². The first-order valence-corrected chi connectivity index (χ1v) is 8.62. The minimum atomic E-state index is -0.389. The van der Waals surface area contributed by atoms with Crippen molar-refractivity contribution in [2.75, 3.05) is 30.4 Å². The summed E-state index contributed by atoms with van der Waals surface area (Å²) in [5.74, 6) is 0.823.